The summed E-state index contributed by atoms with van der Waals surface area (Å²) in [5.41, 5.74) is -1.20. The van der Waals surface area contributed by atoms with E-state index < -0.39 is 23.6 Å². The number of rotatable bonds is 2. The number of benzene rings is 1. The van der Waals surface area contributed by atoms with Gasteiger partial charge in [0.25, 0.3) is 0 Å². The molecule has 1 saturated carbocycles. The molecule has 0 radical (unpaired) electrons. The average molecular weight is 363 g/mol. The van der Waals surface area contributed by atoms with Crippen LogP contribution in [0.25, 0.3) is 0 Å². The van der Waals surface area contributed by atoms with Gasteiger partial charge in [0.2, 0.25) is 0 Å². The van der Waals surface area contributed by atoms with E-state index in [1.165, 1.54) is 0 Å². The van der Waals surface area contributed by atoms with Crippen LogP contribution in [-0.4, -0.2) is 17.9 Å². The number of alkyl halides is 3. The van der Waals surface area contributed by atoms with Crippen molar-refractivity contribution in [2.75, 3.05) is 5.32 Å². The standard InChI is InChI=1S/C16H18ClF3N2O2/c1-9-4-2-3-5-12(9)21-14(23)15(24)22-13-8-10(16(18,19)20)6-7-11(13)17/h6-9,12H,2-5H2,1H3,(H,21,23)(H,22,24)/t9-,12+/m0/s1. The molecule has 1 aromatic rings. The molecule has 0 saturated heterocycles. The fraction of sp³-hybridized carbons (Fsp3) is 0.500. The van der Waals surface area contributed by atoms with Gasteiger partial charge in [-0.05, 0) is 37.0 Å². The van der Waals surface area contributed by atoms with Gasteiger partial charge in [-0.1, -0.05) is 31.4 Å². The Hall–Kier alpha value is -1.76. The molecule has 2 atom stereocenters. The van der Waals surface area contributed by atoms with E-state index in [0.717, 1.165) is 37.8 Å². The van der Waals surface area contributed by atoms with Crippen molar-refractivity contribution in [2.24, 2.45) is 5.92 Å². The molecule has 0 heterocycles. The first-order valence-corrected chi connectivity index (χ1v) is 8.05. The first-order chi connectivity index (χ1) is 11.2. The third kappa shape index (κ3) is 4.63. The van der Waals surface area contributed by atoms with Crippen LogP contribution in [0.15, 0.2) is 18.2 Å². The SMILES string of the molecule is C[C@H]1CCCC[C@H]1NC(=O)C(=O)Nc1cc(C(F)(F)F)ccc1Cl. The van der Waals surface area contributed by atoms with Crippen molar-refractivity contribution in [1.82, 2.24) is 5.32 Å². The predicted octanol–water partition coefficient (Wildman–Crippen LogP) is 3.99. The Morgan fingerprint density at radius 1 is 1.17 bits per heavy atom. The highest BCUT2D eigenvalue weighted by molar-refractivity contribution is 6.41. The quantitative estimate of drug-likeness (QED) is 0.781. The van der Waals surface area contributed by atoms with Gasteiger partial charge in [-0.25, -0.2) is 0 Å². The number of carbonyl (C=O) groups excluding carboxylic acids is 2. The summed E-state index contributed by atoms with van der Waals surface area (Å²) in [6, 6.07) is 2.44. The molecule has 8 heteroatoms. The maximum absolute atomic E-state index is 12.7. The van der Waals surface area contributed by atoms with Crippen LogP contribution in [0.4, 0.5) is 18.9 Å². The molecule has 132 valence electrons. The van der Waals surface area contributed by atoms with E-state index in [1.807, 2.05) is 6.92 Å². The van der Waals surface area contributed by atoms with Crippen molar-refractivity contribution in [1.29, 1.82) is 0 Å². The van der Waals surface area contributed by atoms with E-state index in [-0.39, 0.29) is 22.7 Å². The topological polar surface area (TPSA) is 58.2 Å². The van der Waals surface area contributed by atoms with Crippen molar-refractivity contribution in [3.63, 3.8) is 0 Å². The normalized spacial score (nSPS) is 21.2. The molecule has 0 bridgehead atoms. The van der Waals surface area contributed by atoms with E-state index in [0.29, 0.717) is 6.07 Å². The summed E-state index contributed by atoms with van der Waals surface area (Å²) < 4.78 is 38.1. The zero-order valence-corrected chi connectivity index (χ0v) is 13.8. The van der Waals surface area contributed by atoms with Gasteiger partial charge in [0, 0.05) is 6.04 Å². The number of anilines is 1. The second-order valence-corrected chi connectivity index (χ2v) is 6.40. The molecular formula is C16H18ClF3N2O2. The first-order valence-electron chi connectivity index (χ1n) is 7.67. The van der Waals surface area contributed by atoms with Gasteiger partial charge < -0.3 is 10.6 Å². The van der Waals surface area contributed by atoms with E-state index >= 15 is 0 Å². The molecule has 2 N–H and O–H groups in total. The van der Waals surface area contributed by atoms with Crippen LogP contribution in [0, 0.1) is 5.92 Å². The molecule has 0 spiro atoms. The summed E-state index contributed by atoms with van der Waals surface area (Å²) in [7, 11) is 0. The number of halogens is 4. The monoisotopic (exact) mass is 362 g/mol. The van der Waals surface area contributed by atoms with Gasteiger partial charge in [-0.15, -0.1) is 0 Å². The molecule has 24 heavy (non-hydrogen) atoms. The predicted molar refractivity (Wildman–Crippen MR) is 84.6 cm³/mol. The fourth-order valence-corrected chi connectivity index (χ4v) is 2.91. The summed E-state index contributed by atoms with van der Waals surface area (Å²) in [5.74, 6) is -1.65. The second-order valence-electron chi connectivity index (χ2n) is 5.99. The van der Waals surface area contributed by atoms with E-state index in [1.54, 1.807) is 0 Å². The lowest BCUT2D eigenvalue weighted by Crippen LogP contribution is -2.45. The third-order valence-electron chi connectivity index (χ3n) is 4.18. The molecule has 1 aliphatic carbocycles. The van der Waals surface area contributed by atoms with Crippen molar-refractivity contribution in [3.8, 4) is 0 Å². The number of hydrogen-bond donors (Lipinski definition) is 2. The number of amides is 2. The van der Waals surface area contributed by atoms with Crippen LogP contribution in [0.5, 0.6) is 0 Å². The Balaban J connectivity index is 2.04. The van der Waals surface area contributed by atoms with Crippen LogP contribution in [0.3, 0.4) is 0 Å². The minimum absolute atomic E-state index is 0.0739. The lowest BCUT2D eigenvalue weighted by atomic mass is 9.86. The Kier molecular flexibility index (Phi) is 5.74. The summed E-state index contributed by atoms with van der Waals surface area (Å²) in [6.07, 6.45) is -0.768. The average Bonchev–Trinajstić information content (AvgIpc) is 2.50. The molecule has 2 rings (SSSR count). The highest BCUT2D eigenvalue weighted by Gasteiger charge is 2.31. The second kappa shape index (κ2) is 7.42. The largest absolute Gasteiger partial charge is 0.416 e. The van der Waals surface area contributed by atoms with Crippen molar-refractivity contribution < 1.29 is 22.8 Å². The zero-order valence-electron chi connectivity index (χ0n) is 13.0. The lowest BCUT2D eigenvalue weighted by Gasteiger charge is -2.29. The van der Waals surface area contributed by atoms with E-state index in [4.69, 9.17) is 11.6 Å². The maximum Gasteiger partial charge on any atom is 0.416 e. The van der Waals surface area contributed by atoms with Crippen molar-refractivity contribution in [3.05, 3.63) is 28.8 Å². The van der Waals surface area contributed by atoms with Gasteiger partial charge in [0.15, 0.2) is 0 Å². The smallest absolute Gasteiger partial charge is 0.345 e. The molecule has 1 aromatic carbocycles. The summed E-state index contributed by atoms with van der Waals surface area (Å²) >= 11 is 5.80. The third-order valence-corrected chi connectivity index (χ3v) is 4.51. The Morgan fingerprint density at radius 3 is 2.46 bits per heavy atom. The number of hydrogen-bond acceptors (Lipinski definition) is 2. The minimum atomic E-state index is -4.57. The zero-order chi connectivity index (χ0) is 17.9. The first kappa shape index (κ1) is 18.6. The van der Waals surface area contributed by atoms with Crippen LogP contribution in [0.2, 0.25) is 5.02 Å². The molecule has 4 nitrogen and oxygen atoms in total. The summed E-state index contributed by atoms with van der Waals surface area (Å²) in [4.78, 5) is 23.9. The van der Waals surface area contributed by atoms with Crippen molar-refractivity contribution in [2.45, 2.75) is 44.8 Å². The van der Waals surface area contributed by atoms with Gasteiger partial charge in [0.05, 0.1) is 16.3 Å². The summed E-state index contributed by atoms with van der Waals surface area (Å²) in [6.45, 7) is 1.99. The molecule has 1 fully saturated rings. The van der Waals surface area contributed by atoms with E-state index in [9.17, 15) is 22.8 Å². The molecule has 0 aliphatic heterocycles. The minimum Gasteiger partial charge on any atom is -0.345 e. The highest BCUT2D eigenvalue weighted by atomic mass is 35.5. The van der Waals surface area contributed by atoms with Gasteiger partial charge in [0.1, 0.15) is 0 Å². The van der Waals surface area contributed by atoms with Gasteiger partial charge >= 0.3 is 18.0 Å². The maximum atomic E-state index is 12.7. The fourth-order valence-electron chi connectivity index (χ4n) is 2.74. The Labute approximate surface area is 142 Å². The number of carbonyl (C=O) groups is 2. The number of nitrogens with one attached hydrogen (secondary N) is 2. The van der Waals surface area contributed by atoms with Crippen LogP contribution >= 0.6 is 11.6 Å². The molecule has 0 aromatic heterocycles. The Morgan fingerprint density at radius 2 is 1.83 bits per heavy atom. The van der Waals surface area contributed by atoms with Gasteiger partial charge in [-0.2, -0.15) is 13.2 Å². The Bertz CT molecular complexity index is 634. The van der Waals surface area contributed by atoms with Crippen LogP contribution in [0.1, 0.15) is 38.2 Å². The molecule has 1 aliphatic rings. The van der Waals surface area contributed by atoms with Crippen molar-refractivity contribution >= 4 is 29.1 Å². The molecule has 2 amide bonds. The molecule has 0 unspecified atom stereocenters. The van der Waals surface area contributed by atoms with E-state index in [2.05, 4.69) is 10.6 Å². The van der Waals surface area contributed by atoms with Crippen LogP contribution in [-0.2, 0) is 15.8 Å². The molecular weight excluding hydrogens is 345 g/mol. The highest BCUT2D eigenvalue weighted by Crippen LogP contribution is 2.33. The summed E-state index contributed by atoms with van der Waals surface area (Å²) in [5, 5.41) is 4.71. The van der Waals surface area contributed by atoms with Gasteiger partial charge in [-0.3, -0.25) is 9.59 Å². The lowest BCUT2D eigenvalue weighted by molar-refractivity contribution is -0.137. The van der Waals surface area contributed by atoms with Crippen LogP contribution < -0.4 is 10.6 Å².